The Kier molecular flexibility index (Phi) is 4.64. The molecule has 0 saturated carbocycles. The van der Waals surface area contributed by atoms with E-state index in [1.165, 1.54) is 14.2 Å². The van der Waals surface area contributed by atoms with Gasteiger partial charge >= 0.3 is 0 Å². The molecule has 0 aliphatic rings. The van der Waals surface area contributed by atoms with Crippen LogP contribution < -0.4 is 4.74 Å². The number of H-pyrrole nitrogens is 2. The minimum atomic E-state index is -2.39. The van der Waals surface area contributed by atoms with Crippen molar-refractivity contribution in [3.63, 3.8) is 0 Å². The van der Waals surface area contributed by atoms with Crippen molar-refractivity contribution in [2.24, 2.45) is 0 Å². The summed E-state index contributed by atoms with van der Waals surface area (Å²) in [6.45, 7) is 1.93. The van der Waals surface area contributed by atoms with Crippen LogP contribution in [0.2, 0.25) is 0 Å². The zero-order valence-corrected chi connectivity index (χ0v) is 16.8. The number of hydrogen-bond donors (Lipinski definition) is 3. The summed E-state index contributed by atoms with van der Waals surface area (Å²) in [6, 6.07) is 10.7. The van der Waals surface area contributed by atoms with Gasteiger partial charge in [-0.3, -0.25) is 0 Å². The topological polar surface area (TPSA) is 107 Å². The Bertz CT molecular complexity index is 1300. The maximum absolute atomic E-state index is 11.0. The number of hydrogen-bond acceptors (Lipinski definition) is 5. The largest absolute Gasteiger partial charge is 0.496 e. The summed E-state index contributed by atoms with van der Waals surface area (Å²) in [5.41, 5.74) is 1.94. The summed E-state index contributed by atoms with van der Waals surface area (Å²) >= 11 is 0. The SMILES string of the molecule is [B]C([B])(O)C(OC)(c1nc2ccc(C#N)cc2[nH]1)c1c(OC)cc(C)c2[nH]ccc12. The average Bonchev–Trinajstić information content (AvgIpc) is 3.35. The Morgan fingerprint density at radius 1 is 1.20 bits per heavy atom. The van der Waals surface area contributed by atoms with Crippen molar-refractivity contribution >= 4 is 37.6 Å². The molecule has 30 heavy (non-hydrogen) atoms. The lowest BCUT2D eigenvalue weighted by atomic mass is 9.53. The third kappa shape index (κ3) is 2.72. The van der Waals surface area contributed by atoms with E-state index in [2.05, 4.69) is 21.0 Å². The molecular weight excluding hydrogens is 378 g/mol. The van der Waals surface area contributed by atoms with Gasteiger partial charge in [0, 0.05) is 35.2 Å². The zero-order chi connectivity index (χ0) is 21.7. The van der Waals surface area contributed by atoms with E-state index < -0.39 is 11.0 Å². The lowest BCUT2D eigenvalue weighted by molar-refractivity contribution is -0.0702. The first-order valence-corrected chi connectivity index (χ1v) is 9.17. The van der Waals surface area contributed by atoms with Gasteiger partial charge in [-0.1, -0.05) is 0 Å². The van der Waals surface area contributed by atoms with Gasteiger partial charge in [0.25, 0.3) is 0 Å². The van der Waals surface area contributed by atoms with Gasteiger partial charge in [0.05, 0.1) is 29.8 Å². The van der Waals surface area contributed by atoms with Crippen molar-refractivity contribution in [2.75, 3.05) is 14.2 Å². The summed E-state index contributed by atoms with van der Waals surface area (Å²) in [5.74, 6) is 0.598. The number of nitrogens with zero attached hydrogens (tertiary/aromatic N) is 2. The number of benzene rings is 2. The number of fused-ring (bicyclic) bond motifs is 2. The van der Waals surface area contributed by atoms with Gasteiger partial charge in [-0.15, -0.1) is 0 Å². The molecule has 0 aliphatic carbocycles. The Labute approximate surface area is 175 Å². The number of aromatic amines is 2. The summed E-state index contributed by atoms with van der Waals surface area (Å²) in [4.78, 5) is 10.9. The Morgan fingerprint density at radius 2 is 1.97 bits per heavy atom. The molecule has 4 radical (unpaired) electrons. The van der Waals surface area contributed by atoms with E-state index in [4.69, 9.17) is 25.2 Å². The van der Waals surface area contributed by atoms with Crippen LogP contribution in [0.1, 0.15) is 22.5 Å². The number of aliphatic hydroxyl groups is 1. The highest BCUT2D eigenvalue weighted by Gasteiger charge is 2.51. The highest BCUT2D eigenvalue weighted by Crippen LogP contribution is 2.47. The molecule has 0 spiro atoms. The highest BCUT2D eigenvalue weighted by molar-refractivity contribution is 6.40. The van der Waals surface area contributed by atoms with E-state index in [1.54, 1.807) is 24.4 Å². The average molecular weight is 396 g/mol. The molecule has 4 rings (SSSR count). The number of nitriles is 1. The summed E-state index contributed by atoms with van der Waals surface area (Å²) < 4.78 is 11.5. The number of rotatable bonds is 5. The summed E-state index contributed by atoms with van der Waals surface area (Å²) in [5, 5.41) is 18.5. The number of imidazole rings is 1. The van der Waals surface area contributed by atoms with E-state index in [9.17, 15) is 10.4 Å². The van der Waals surface area contributed by atoms with E-state index in [1.807, 2.05) is 19.1 Å². The van der Waals surface area contributed by atoms with E-state index >= 15 is 0 Å². The van der Waals surface area contributed by atoms with Gasteiger partial charge in [0.15, 0.2) is 5.60 Å². The number of methoxy groups -OCH3 is 2. The third-order valence-corrected chi connectivity index (χ3v) is 5.39. The summed E-state index contributed by atoms with van der Waals surface area (Å²) in [7, 11) is 15.1. The molecule has 2 aromatic heterocycles. The molecule has 0 fully saturated rings. The van der Waals surface area contributed by atoms with Crippen molar-refractivity contribution in [1.82, 2.24) is 15.0 Å². The lowest BCUT2D eigenvalue weighted by Crippen LogP contribution is -2.56. The second kappa shape index (κ2) is 6.94. The summed E-state index contributed by atoms with van der Waals surface area (Å²) in [6.07, 6.45) is 1.77. The predicted octanol–water partition coefficient (Wildman–Crippen LogP) is 2.11. The lowest BCUT2D eigenvalue weighted by Gasteiger charge is -2.43. The molecular formula is C21H18B2N4O3. The van der Waals surface area contributed by atoms with Gasteiger partial charge in [0.1, 0.15) is 27.3 Å². The molecule has 0 amide bonds. The second-order valence-corrected chi connectivity index (χ2v) is 7.18. The minimum absolute atomic E-state index is 0.173. The van der Waals surface area contributed by atoms with Crippen molar-refractivity contribution in [1.29, 1.82) is 5.26 Å². The molecule has 1 unspecified atom stereocenters. The smallest absolute Gasteiger partial charge is 0.166 e. The van der Waals surface area contributed by atoms with Crippen LogP contribution in [-0.2, 0) is 10.3 Å². The molecule has 146 valence electrons. The molecule has 4 aromatic rings. The Balaban J connectivity index is 2.13. The maximum Gasteiger partial charge on any atom is 0.166 e. The quantitative estimate of drug-likeness (QED) is 0.448. The van der Waals surface area contributed by atoms with Crippen LogP contribution in [-0.4, -0.2) is 55.4 Å². The standard InChI is InChI=1S/C21H18B2N4O3/c1-11-8-16(29-2)17(13-6-7-25-18(11)13)20(30-3,21(22,23)28)19-26-14-5-4-12(10-24)9-15(14)27-19/h4-9,25,28H,1-3H3,(H,26,27). The van der Waals surface area contributed by atoms with Crippen LogP contribution in [0.3, 0.4) is 0 Å². The fourth-order valence-electron chi connectivity index (χ4n) is 4.02. The highest BCUT2D eigenvalue weighted by atomic mass is 16.5. The predicted molar refractivity (Wildman–Crippen MR) is 115 cm³/mol. The Hall–Kier alpha value is -3.21. The van der Waals surface area contributed by atoms with Gasteiger partial charge in [-0.25, -0.2) is 4.98 Å². The van der Waals surface area contributed by atoms with Crippen LogP contribution in [0, 0.1) is 18.3 Å². The molecule has 9 heteroatoms. The van der Waals surface area contributed by atoms with Crippen LogP contribution in [0.25, 0.3) is 21.9 Å². The first-order valence-electron chi connectivity index (χ1n) is 9.17. The van der Waals surface area contributed by atoms with E-state index in [0.717, 1.165) is 11.1 Å². The van der Waals surface area contributed by atoms with Crippen molar-refractivity contribution in [2.45, 2.75) is 17.9 Å². The molecule has 2 aromatic carbocycles. The minimum Gasteiger partial charge on any atom is -0.496 e. The van der Waals surface area contributed by atoms with Crippen LogP contribution in [0.5, 0.6) is 5.75 Å². The molecule has 0 aliphatic heterocycles. The molecule has 0 saturated heterocycles. The number of ether oxygens (including phenoxy) is 2. The molecule has 1 atom stereocenters. The number of aromatic nitrogens is 3. The molecule has 2 heterocycles. The molecule has 3 N–H and O–H groups in total. The van der Waals surface area contributed by atoms with E-state index in [0.29, 0.717) is 33.3 Å². The van der Waals surface area contributed by atoms with Crippen molar-refractivity contribution < 1.29 is 14.6 Å². The van der Waals surface area contributed by atoms with E-state index in [-0.39, 0.29) is 5.82 Å². The first kappa shape index (κ1) is 20.1. The fraction of sp³-hybridized carbons (Fsp3) is 0.238. The van der Waals surface area contributed by atoms with Gasteiger partial charge in [-0.05, 0) is 42.8 Å². The third-order valence-electron chi connectivity index (χ3n) is 5.39. The van der Waals surface area contributed by atoms with Gasteiger partial charge in [0.2, 0.25) is 0 Å². The molecule has 0 bridgehead atoms. The van der Waals surface area contributed by atoms with Crippen LogP contribution >= 0.6 is 0 Å². The maximum atomic E-state index is 11.0. The first-order chi connectivity index (χ1) is 14.3. The number of nitrogens with one attached hydrogen (secondary N) is 2. The Morgan fingerprint density at radius 3 is 2.60 bits per heavy atom. The normalized spacial score (nSPS) is 14.0. The van der Waals surface area contributed by atoms with Gasteiger partial charge in [-0.2, -0.15) is 5.26 Å². The zero-order valence-electron chi connectivity index (χ0n) is 16.8. The van der Waals surface area contributed by atoms with Gasteiger partial charge < -0.3 is 24.5 Å². The second-order valence-electron chi connectivity index (χ2n) is 7.18. The number of aryl methyl sites for hydroxylation is 1. The van der Waals surface area contributed by atoms with Crippen molar-refractivity contribution in [3.05, 3.63) is 59.0 Å². The fourth-order valence-corrected chi connectivity index (χ4v) is 4.02. The molecule has 7 nitrogen and oxygen atoms in total. The van der Waals surface area contributed by atoms with Crippen LogP contribution in [0.15, 0.2) is 36.5 Å². The van der Waals surface area contributed by atoms with Crippen molar-refractivity contribution in [3.8, 4) is 11.8 Å². The monoisotopic (exact) mass is 396 g/mol. The van der Waals surface area contributed by atoms with Crippen LogP contribution in [0.4, 0.5) is 0 Å².